The number of fused-ring (bicyclic) bond motifs is 3. The first-order valence-electron chi connectivity index (χ1n) is 17.5. The summed E-state index contributed by atoms with van der Waals surface area (Å²) in [7, 11) is -1.75. The van der Waals surface area contributed by atoms with Crippen LogP contribution >= 0.6 is 11.6 Å². The predicted molar refractivity (Wildman–Crippen MR) is 198 cm³/mol. The Morgan fingerprint density at radius 3 is 2.72 bits per heavy atom. The van der Waals surface area contributed by atoms with E-state index in [1.807, 2.05) is 25.1 Å². The summed E-state index contributed by atoms with van der Waals surface area (Å²) in [5, 5.41) is 0.736. The summed E-state index contributed by atoms with van der Waals surface area (Å²) >= 11 is 6.44. The number of hydrogen-bond donors (Lipinski definition) is 1. The van der Waals surface area contributed by atoms with Gasteiger partial charge in [0.05, 0.1) is 29.7 Å². The number of amides is 2. The van der Waals surface area contributed by atoms with E-state index in [1.54, 1.807) is 32.2 Å². The fourth-order valence-electron chi connectivity index (χ4n) is 7.94. The number of benzene rings is 2. The van der Waals surface area contributed by atoms with Crippen LogP contribution < -0.4 is 14.4 Å². The standard InChI is InChI=1S/C39H48ClN3O6S/c1-6-8-25(2)22-50(46,42-38(45)31-17-26(3)48-21-31)41-37(44)29-11-15-36-35(19-29)43(20-30-10-13-33(30)27(4)47-5)23-39(24-49-36)16-7-9-28-18-32(40)12-14-34(28)39/h6,11-12,14-15,17-19,21,25,27,30,33H,1,7-10,13,16,20,22-24H2,2-5H3,(H,41,42,44,45,46)/t25-,27-,30-,33-,39-,50?/m0/s1. The number of carbonyl (C=O) groups excluding carboxylic acids is 2. The molecule has 0 radical (unpaired) electrons. The average molecular weight is 722 g/mol. The van der Waals surface area contributed by atoms with Crippen molar-refractivity contribution in [2.75, 3.05) is 37.5 Å². The first kappa shape index (κ1) is 36.2. The van der Waals surface area contributed by atoms with Crippen molar-refractivity contribution in [3.05, 3.63) is 94.4 Å². The van der Waals surface area contributed by atoms with E-state index in [0.29, 0.717) is 42.9 Å². The van der Waals surface area contributed by atoms with Gasteiger partial charge in [0, 0.05) is 36.2 Å². The van der Waals surface area contributed by atoms with Crippen LogP contribution in [-0.2, 0) is 26.5 Å². The Balaban J connectivity index is 1.36. The van der Waals surface area contributed by atoms with Gasteiger partial charge in [0.25, 0.3) is 11.8 Å². The van der Waals surface area contributed by atoms with E-state index in [9.17, 15) is 13.8 Å². The van der Waals surface area contributed by atoms with Crippen molar-refractivity contribution < 1.29 is 27.7 Å². The van der Waals surface area contributed by atoms with E-state index in [-0.39, 0.29) is 34.3 Å². The number of hydrogen-bond acceptors (Lipinski definition) is 7. The molecule has 0 bridgehead atoms. The summed E-state index contributed by atoms with van der Waals surface area (Å²) in [5.41, 5.74) is 3.56. The second-order valence-corrected chi connectivity index (χ2v) is 16.9. The second-order valence-electron chi connectivity index (χ2n) is 14.4. The molecule has 1 unspecified atom stereocenters. The lowest BCUT2D eigenvalue weighted by Crippen LogP contribution is -2.49. The highest BCUT2D eigenvalue weighted by molar-refractivity contribution is 7.92. The van der Waals surface area contributed by atoms with Crippen molar-refractivity contribution in [2.45, 2.75) is 70.8 Å². The van der Waals surface area contributed by atoms with Crippen LogP contribution in [0.1, 0.15) is 83.6 Å². The minimum atomic E-state index is -3.51. The van der Waals surface area contributed by atoms with Gasteiger partial charge >= 0.3 is 0 Å². The number of furan rings is 1. The number of anilines is 1. The van der Waals surface area contributed by atoms with Gasteiger partial charge in [-0.25, -0.2) is 4.21 Å². The Morgan fingerprint density at radius 1 is 1.20 bits per heavy atom. The van der Waals surface area contributed by atoms with Gasteiger partial charge in [-0.1, -0.05) is 30.7 Å². The largest absolute Gasteiger partial charge is 0.490 e. The lowest BCUT2D eigenvalue weighted by atomic mass is 9.68. The minimum Gasteiger partial charge on any atom is -0.490 e. The number of nitrogens with zero attached hydrogens (tertiary/aromatic N) is 2. The Morgan fingerprint density at radius 2 is 2.02 bits per heavy atom. The van der Waals surface area contributed by atoms with Crippen molar-refractivity contribution in [3.8, 4) is 5.75 Å². The molecule has 6 rings (SSSR count). The zero-order chi connectivity index (χ0) is 35.6. The van der Waals surface area contributed by atoms with Crippen molar-refractivity contribution >= 4 is 39.0 Å². The molecule has 1 fully saturated rings. The summed E-state index contributed by atoms with van der Waals surface area (Å²) in [5.74, 6) is 0.641. The summed E-state index contributed by atoms with van der Waals surface area (Å²) in [6.45, 7) is 11.5. The van der Waals surface area contributed by atoms with Crippen molar-refractivity contribution in [1.82, 2.24) is 4.72 Å². The Kier molecular flexibility index (Phi) is 10.8. The number of nitrogens with one attached hydrogen (secondary N) is 1. The maximum atomic E-state index is 14.3. The molecule has 2 aromatic carbocycles. The van der Waals surface area contributed by atoms with Crippen molar-refractivity contribution in [2.24, 2.45) is 22.1 Å². The molecule has 3 aromatic rings. The SMILES string of the molecule is C=CC[C@H](C)CS(=O)(=NC(=O)c1ccc2c(c1)N(C[C@@H]1CC[C@H]1[C@H](C)OC)C[C@@]1(CCCc3cc(Cl)ccc31)CO2)NC(=O)c1coc(C)c1. The smallest absolute Gasteiger partial charge is 0.286 e. The van der Waals surface area contributed by atoms with E-state index in [2.05, 4.69) is 39.6 Å². The molecular weight excluding hydrogens is 674 g/mol. The normalized spacial score (nSPS) is 23.6. The number of rotatable bonds is 11. The van der Waals surface area contributed by atoms with Crippen molar-refractivity contribution in [3.63, 3.8) is 0 Å². The van der Waals surface area contributed by atoms with E-state index in [0.717, 1.165) is 49.4 Å². The second kappa shape index (κ2) is 14.9. The molecular formula is C39H48ClN3O6S. The zero-order valence-electron chi connectivity index (χ0n) is 29.4. The lowest BCUT2D eigenvalue weighted by Gasteiger charge is -2.45. The van der Waals surface area contributed by atoms with E-state index >= 15 is 0 Å². The van der Waals surface area contributed by atoms with Crippen molar-refractivity contribution in [1.29, 1.82) is 0 Å². The molecule has 268 valence electrons. The molecule has 1 saturated carbocycles. The number of methoxy groups -OCH3 is 1. The lowest BCUT2D eigenvalue weighted by molar-refractivity contribution is -0.00436. The Hall–Kier alpha value is -3.60. The number of halogens is 1. The third kappa shape index (κ3) is 7.67. The number of carbonyl (C=O) groups is 2. The first-order chi connectivity index (χ1) is 23.9. The first-order valence-corrected chi connectivity index (χ1v) is 19.6. The van der Waals surface area contributed by atoms with Crippen LogP contribution in [0.4, 0.5) is 5.69 Å². The highest BCUT2D eigenvalue weighted by atomic mass is 35.5. The van der Waals surface area contributed by atoms with Gasteiger partial charge in [0.15, 0.2) is 0 Å². The summed E-state index contributed by atoms with van der Waals surface area (Å²) in [4.78, 5) is 29.4. The average Bonchev–Trinajstić information content (AvgIpc) is 3.44. The van der Waals surface area contributed by atoms with Gasteiger partial charge < -0.3 is 18.8 Å². The molecule has 2 aliphatic carbocycles. The fourth-order valence-corrected chi connectivity index (χ4v) is 10.0. The van der Waals surface area contributed by atoms with E-state index in [1.165, 1.54) is 17.4 Å². The van der Waals surface area contributed by atoms with Crippen LogP contribution in [0.5, 0.6) is 5.75 Å². The van der Waals surface area contributed by atoms with E-state index in [4.69, 9.17) is 25.5 Å². The van der Waals surface area contributed by atoms with Gasteiger partial charge in [-0.05, 0) is 118 Å². The van der Waals surface area contributed by atoms with Crippen LogP contribution in [-0.4, -0.2) is 54.7 Å². The maximum Gasteiger partial charge on any atom is 0.286 e. The fraction of sp³-hybridized carbons (Fsp3) is 0.487. The Bertz CT molecular complexity index is 1880. The minimum absolute atomic E-state index is 0.0137. The zero-order valence-corrected chi connectivity index (χ0v) is 31.0. The molecule has 11 heteroatoms. The topological polar surface area (TPSA) is 110 Å². The molecule has 6 atom stereocenters. The molecule has 1 spiro atoms. The summed E-state index contributed by atoms with van der Waals surface area (Å²) in [6.07, 6.45) is 8.90. The monoisotopic (exact) mass is 721 g/mol. The maximum absolute atomic E-state index is 14.3. The van der Waals surface area contributed by atoms with Crippen LogP contribution in [0.15, 0.2) is 70.2 Å². The van der Waals surface area contributed by atoms with Crippen LogP contribution in [0.3, 0.4) is 0 Å². The molecule has 9 nitrogen and oxygen atoms in total. The molecule has 2 amide bonds. The van der Waals surface area contributed by atoms with Gasteiger partial charge in [0.2, 0.25) is 0 Å². The molecule has 50 heavy (non-hydrogen) atoms. The van der Waals surface area contributed by atoms with E-state index < -0.39 is 21.7 Å². The molecule has 1 aromatic heterocycles. The molecule has 3 aliphatic rings. The number of ether oxygens (including phenoxy) is 2. The molecule has 1 aliphatic heterocycles. The van der Waals surface area contributed by atoms with Gasteiger partial charge in [-0.2, -0.15) is 0 Å². The quantitative estimate of drug-likeness (QED) is 0.200. The van der Waals surface area contributed by atoms with Crippen LogP contribution in [0.2, 0.25) is 5.02 Å². The number of aryl methyl sites for hydroxylation is 2. The van der Waals surface area contributed by atoms with Gasteiger partial charge in [0.1, 0.15) is 27.7 Å². The predicted octanol–water partition coefficient (Wildman–Crippen LogP) is 7.94. The summed E-state index contributed by atoms with van der Waals surface area (Å²) in [6, 6.07) is 13.1. The highest BCUT2D eigenvalue weighted by Gasteiger charge is 2.44. The Labute approximate surface area is 301 Å². The highest BCUT2D eigenvalue weighted by Crippen LogP contribution is 2.46. The van der Waals surface area contributed by atoms with Crippen LogP contribution in [0, 0.1) is 24.7 Å². The third-order valence-corrected chi connectivity index (χ3v) is 13.0. The van der Waals surface area contributed by atoms with Gasteiger partial charge in [-0.15, -0.1) is 10.9 Å². The molecule has 2 heterocycles. The molecule has 1 N–H and O–H groups in total. The summed E-state index contributed by atoms with van der Waals surface area (Å²) < 4.78 is 38.7. The molecule has 0 saturated heterocycles. The number of allylic oxidation sites excluding steroid dienone is 1. The van der Waals surface area contributed by atoms with Gasteiger partial charge in [-0.3, -0.25) is 14.3 Å². The third-order valence-electron chi connectivity index (χ3n) is 10.7. The van der Waals surface area contributed by atoms with Crippen LogP contribution in [0.25, 0.3) is 0 Å².